The minimum Gasteiger partial charge on any atom is -0.372 e. The highest BCUT2D eigenvalue weighted by Gasteiger charge is 2.06. The molecule has 0 amide bonds. The Bertz CT molecular complexity index is 242. The van der Waals surface area contributed by atoms with E-state index in [0.717, 1.165) is 13.0 Å². The van der Waals surface area contributed by atoms with Crippen LogP contribution >= 0.6 is 0 Å². The predicted octanol–water partition coefficient (Wildman–Crippen LogP) is 2.59. The smallest absolute Gasteiger partial charge is 0.0721 e. The molecule has 0 aliphatic heterocycles. The molecule has 1 aromatic rings. The molecule has 15 heavy (non-hydrogen) atoms. The number of nitrogens with one attached hydrogen (secondary N) is 1. The van der Waals surface area contributed by atoms with Gasteiger partial charge in [0.05, 0.1) is 12.7 Å². The van der Waals surface area contributed by atoms with Crippen LogP contribution in [0, 0.1) is 0 Å². The van der Waals surface area contributed by atoms with Crippen LogP contribution in [-0.2, 0) is 11.3 Å². The van der Waals surface area contributed by atoms with E-state index in [-0.39, 0.29) is 0 Å². The fourth-order valence-electron chi connectivity index (χ4n) is 1.58. The van der Waals surface area contributed by atoms with Crippen LogP contribution in [0.15, 0.2) is 30.3 Å². The van der Waals surface area contributed by atoms with Crippen LogP contribution < -0.4 is 5.32 Å². The van der Waals surface area contributed by atoms with Gasteiger partial charge in [-0.05, 0) is 19.0 Å². The fourth-order valence-corrected chi connectivity index (χ4v) is 1.58. The summed E-state index contributed by atoms with van der Waals surface area (Å²) < 4.78 is 5.85. The Labute approximate surface area is 92.6 Å². The second-order valence-corrected chi connectivity index (χ2v) is 3.76. The quantitative estimate of drug-likeness (QED) is 0.742. The number of rotatable bonds is 7. The molecule has 0 fully saturated rings. The van der Waals surface area contributed by atoms with E-state index in [4.69, 9.17) is 4.74 Å². The number of likely N-dealkylation sites (N-methyl/N-ethyl adjacent to an activating group) is 1. The standard InChI is InChI=1S/C13H21NO/c1-3-7-13(10-14-2)15-11-12-8-5-4-6-9-12/h4-6,8-9,13-14H,3,7,10-11H2,1-2H3. The third-order valence-corrected chi connectivity index (χ3v) is 2.37. The first-order valence-electron chi connectivity index (χ1n) is 5.67. The monoisotopic (exact) mass is 207 g/mol. The number of ether oxygens (including phenoxy) is 1. The molecule has 0 saturated carbocycles. The van der Waals surface area contributed by atoms with E-state index in [9.17, 15) is 0 Å². The summed E-state index contributed by atoms with van der Waals surface area (Å²) in [5.74, 6) is 0. The van der Waals surface area contributed by atoms with Gasteiger partial charge in [0.15, 0.2) is 0 Å². The lowest BCUT2D eigenvalue weighted by Gasteiger charge is -2.16. The molecule has 1 rings (SSSR count). The molecule has 1 unspecified atom stereocenters. The van der Waals surface area contributed by atoms with Crippen molar-refractivity contribution in [3.8, 4) is 0 Å². The van der Waals surface area contributed by atoms with Crippen molar-refractivity contribution in [3.63, 3.8) is 0 Å². The van der Waals surface area contributed by atoms with E-state index >= 15 is 0 Å². The summed E-state index contributed by atoms with van der Waals surface area (Å²) in [6.07, 6.45) is 2.62. The minimum atomic E-state index is 0.334. The van der Waals surface area contributed by atoms with E-state index in [0.29, 0.717) is 12.7 Å². The average Bonchev–Trinajstić information content (AvgIpc) is 2.28. The Morgan fingerprint density at radius 3 is 2.60 bits per heavy atom. The van der Waals surface area contributed by atoms with Crippen LogP contribution in [-0.4, -0.2) is 19.7 Å². The summed E-state index contributed by atoms with van der Waals surface area (Å²) in [6.45, 7) is 3.84. The number of hydrogen-bond donors (Lipinski definition) is 1. The maximum atomic E-state index is 5.85. The lowest BCUT2D eigenvalue weighted by molar-refractivity contribution is 0.0360. The first kappa shape index (κ1) is 12.2. The number of benzene rings is 1. The topological polar surface area (TPSA) is 21.3 Å². The molecule has 0 aromatic heterocycles. The normalized spacial score (nSPS) is 12.7. The van der Waals surface area contributed by atoms with Crippen LogP contribution in [0.4, 0.5) is 0 Å². The zero-order valence-electron chi connectivity index (χ0n) is 9.70. The molecular weight excluding hydrogens is 186 g/mol. The Morgan fingerprint density at radius 2 is 2.00 bits per heavy atom. The van der Waals surface area contributed by atoms with Crippen LogP contribution in [0.5, 0.6) is 0 Å². The molecule has 1 N–H and O–H groups in total. The second-order valence-electron chi connectivity index (χ2n) is 3.76. The van der Waals surface area contributed by atoms with Gasteiger partial charge in [0, 0.05) is 6.54 Å². The first-order valence-corrected chi connectivity index (χ1v) is 5.67. The van der Waals surface area contributed by atoms with Crippen molar-refractivity contribution in [2.24, 2.45) is 0 Å². The third kappa shape index (κ3) is 4.96. The molecule has 1 aromatic carbocycles. The molecule has 0 saturated heterocycles. The lowest BCUT2D eigenvalue weighted by atomic mass is 10.2. The highest BCUT2D eigenvalue weighted by molar-refractivity contribution is 5.13. The van der Waals surface area contributed by atoms with E-state index in [1.54, 1.807) is 0 Å². The molecule has 84 valence electrons. The van der Waals surface area contributed by atoms with Crippen molar-refractivity contribution < 1.29 is 4.74 Å². The van der Waals surface area contributed by atoms with Crippen LogP contribution in [0.3, 0.4) is 0 Å². The molecule has 1 atom stereocenters. The molecule has 0 radical (unpaired) electrons. The van der Waals surface area contributed by atoms with E-state index in [2.05, 4.69) is 24.4 Å². The van der Waals surface area contributed by atoms with Crippen LogP contribution in [0.25, 0.3) is 0 Å². The summed E-state index contributed by atoms with van der Waals surface area (Å²) in [5.41, 5.74) is 1.25. The van der Waals surface area contributed by atoms with E-state index < -0.39 is 0 Å². The predicted molar refractivity (Wildman–Crippen MR) is 63.9 cm³/mol. The molecule has 0 aliphatic carbocycles. The molecular formula is C13H21NO. The molecule has 0 heterocycles. The Kier molecular flexibility index (Phi) is 6.05. The van der Waals surface area contributed by atoms with Crippen molar-refractivity contribution in [2.45, 2.75) is 32.5 Å². The maximum absolute atomic E-state index is 5.85. The summed E-state index contributed by atoms with van der Waals surface area (Å²) in [5, 5.41) is 3.16. The van der Waals surface area contributed by atoms with Crippen LogP contribution in [0.2, 0.25) is 0 Å². The molecule has 0 bridgehead atoms. The van der Waals surface area contributed by atoms with E-state index in [1.807, 2.05) is 25.2 Å². The van der Waals surface area contributed by atoms with Gasteiger partial charge in [0.1, 0.15) is 0 Å². The number of hydrogen-bond acceptors (Lipinski definition) is 2. The SMILES string of the molecule is CCCC(CNC)OCc1ccccc1. The van der Waals surface area contributed by atoms with Gasteiger partial charge < -0.3 is 10.1 Å². The second kappa shape index (κ2) is 7.43. The Balaban J connectivity index is 2.33. The zero-order chi connectivity index (χ0) is 10.9. The Morgan fingerprint density at radius 1 is 1.27 bits per heavy atom. The van der Waals surface area contributed by atoms with Gasteiger partial charge in [0.2, 0.25) is 0 Å². The Hall–Kier alpha value is -0.860. The summed E-state index contributed by atoms with van der Waals surface area (Å²) in [7, 11) is 1.97. The summed E-state index contributed by atoms with van der Waals surface area (Å²) in [6, 6.07) is 10.3. The highest BCUT2D eigenvalue weighted by Crippen LogP contribution is 2.06. The van der Waals surface area contributed by atoms with Gasteiger partial charge >= 0.3 is 0 Å². The molecule has 0 spiro atoms. The van der Waals surface area contributed by atoms with Gasteiger partial charge in [0.25, 0.3) is 0 Å². The molecule has 2 heteroatoms. The maximum Gasteiger partial charge on any atom is 0.0721 e. The highest BCUT2D eigenvalue weighted by atomic mass is 16.5. The van der Waals surface area contributed by atoms with Crippen molar-refractivity contribution in [1.29, 1.82) is 0 Å². The van der Waals surface area contributed by atoms with Crippen LogP contribution in [0.1, 0.15) is 25.3 Å². The third-order valence-electron chi connectivity index (χ3n) is 2.37. The van der Waals surface area contributed by atoms with Gasteiger partial charge in [-0.2, -0.15) is 0 Å². The molecule has 2 nitrogen and oxygen atoms in total. The lowest BCUT2D eigenvalue weighted by Crippen LogP contribution is -2.26. The van der Waals surface area contributed by atoms with Crippen molar-refractivity contribution in [2.75, 3.05) is 13.6 Å². The van der Waals surface area contributed by atoms with Gasteiger partial charge in [-0.25, -0.2) is 0 Å². The minimum absolute atomic E-state index is 0.334. The first-order chi connectivity index (χ1) is 7.36. The van der Waals surface area contributed by atoms with Gasteiger partial charge in [-0.15, -0.1) is 0 Å². The fraction of sp³-hybridized carbons (Fsp3) is 0.538. The average molecular weight is 207 g/mol. The van der Waals surface area contributed by atoms with E-state index in [1.165, 1.54) is 12.0 Å². The van der Waals surface area contributed by atoms with Crippen molar-refractivity contribution in [1.82, 2.24) is 5.32 Å². The van der Waals surface area contributed by atoms with Crippen molar-refractivity contribution >= 4 is 0 Å². The molecule has 0 aliphatic rings. The van der Waals surface area contributed by atoms with Crippen molar-refractivity contribution in [3.05, 3.63) is 35.9 Å². The zero-order valence-corrected chi connectivity index (χ0v) is 9.70. The van der Waals surface area contributed by atoms with Gasteiger partial charge in [-0.3, -0.25) is 0 Å². The van der Waals surface area contributed by atoms with Gasteiger partial charge in [-0.1, -0.05) is 43.7 Å². The summed E-state index contributed by atoms with van der Waals surface area (Å²) in [4.78, 5) is 0. The largest absolute Gasteiger partial charge is 0.372 e. The summed E-state index contributed by atoms with van der Waals surface area (Å²) >= 11 is 0.